The van der Waals surface area contributed by atoms with Gasteiger partial charge in [-0.2, -0.15) is 0 Å². The van der Waals surface area contributed by atoms with Crippen LogP contribution in [0.15, 0.2) is 29.2 Å². The Hall–Kier alpha value is -1.40. The Morgan fingerprint density at radius 2 is 1.44 bits per heavy atom. The van der Waals surface area contributed by atoms with E-state index in [1.165, 1.54) is 19.3 Å². The molecule has 1 saturated carbocycles. The number of sulfonamides is 1. The summed E-state index contributed by atoms with van der Waals surface area (Å²) in [6.45, 7) is 1.59. The third-order valence-corrected chi connectivity index (χ3v) is 6.77. The summed E-state index contributed by atoms with van der Waals surface area (Å²) >= 11 is 0. The number of rotatable bonds is 4. The summed E-state index contributed by atoms with van der Waals surface area (Å²) in [6.07, 6.45) is 9.61. The van der Waals surface area contributed by atoms with Gasteiger partial charge in [0.25, 0.3) is 5.91 Å². The normalized spacial score (nSPS) is 20.2. The van der Waals surface area contributed by atoms with Crippen LogP contribution in [0, 0.1) is 0 Å². The second kappa shape index (κ2) is 8.32. The van der Waals surface area contributed by atoms with Crippen LogP contribution < -0.4 is 4.72 Å². The highest BCUT2D eigenvalue weighted by molar-refractivity contribution is 7.89. The minimum absolute atomic E-state index is 0.000347. The van der Waals surface area contributed by atoms with Gasteiger partial charge in [-0.25, -0.2) is 13.1 Å². The Morgan fingerprint density at radius 3 is 2.04 bits per heavy atom. The van der Waals surface area contributed by atoms with Gasteiger partial charge in [-0.3, -0.25) is 4.79 Å². The number of piperidine rings is 1. The molecular weight excluding hydrogens is 336 g/mol. The predicted molar refractivity (Wildman–Crippen MR) is 98.0 cm³/mol. The van der Waals surface area contributed by atoms with Crippen LogP contribution in [0.3, 0.4) is 0 Å². The molecule has 0 atom stereocenters. The lowest BCUT2D eigenvalue weighted by molar-refractivity contribution is 0.0724. The fraction of sp³-hybridized carbons (Fsp3) is 0.632. The SMILES string of the molecule is O=C(c1ccc(S(=O)(=O)NC2CCCCCC2)cc1)N1CCCCC1. The first kappa shape index (κ1) is 18.4. The second-order valence-electron chi connectivity index (χ2n) is 7.19. The monoisotopic (exact) mass is 364 g/mol. The predicted octanol–water partition coefficient (Wildman–Crippen LogP) is 3.31. The van der Waals surface area contributed by atoms with Gasteiger partial charge in [0.2, 0.25) is 10.0 Å². The quantitative estimate of drug-likeness (QED) is 0.834. The second-order valence-corrected chi connectivity index (χ2v) is 8.90. The summed E-state index contributed by atoms with van der Waals surface area (Å²) in [5.41, 5.74) is 0.565. The zero-order valence-corrected chi connectivity index (χ0v) is 15.6. The van der Waals surface area contributed by atoms with E-state index in [0.717, 1.165) is 51.6 Å². The molecule has 1 aliphatic carbocycles. The lowest BCUT2D eigenvalue weighted by atomic mass is 10.1. The van der Waals surface area contributed by atoms with Crippen molar-refractivity contribution in [3.8, 4) is 0 Å². The maximum atomic E-state index is 12.6. The molecular formula is C19H28N2O3S. The van der Waals surface area contributed by atoms with E-state index in [1.807, 2.05) is 4.90 Å². The van der Waals surface area contributed by atoms with E-state index >= 15 is 0 Å². The number of likely N-dealkylation sites (tertiary alicyclic amines) is 1. The highest BCUT2D eigenvalue weighted by Crippen LogP contribution is 2.20. The molecule has 1 heterocycles. The molecule has 1 N–H and O–H groups in total. The fourth-order valence-corrected chi connectivity index (χ4v) is 5.05. The lowest BCUT2D eigenvalue weighted by Gasteiger charge is -2.26. The molecule has 1 amide bonds. The third-order valence-electron chi connectivity index (χ3n) is 5.23. The van der Waals surface area contributed by atoms with E-state index in [-0.39, 0.29) is 16.8 Å². The average Bonchev–Trinajstić information content (AvgIpc) is 2.90. The highest BCUT2D eigenvalue weighted by atomic mass is 32.2. The Balaban J connectivity index is 1.66. The van der Waals surface area contributed by atoms with E-state index in [2.05, 4.69) is 4.72 Å². The van der Waals surface area contributed by atoms with Gasteiger partial charge in [0.15, 0.2) is 0 Å². The smallest absolute Gasteiger partial charge is 0.253 e. The molecule has 0 bridgehead atoms. The van der Waals surface area contributed by atoms with Crippen molar-refractivity contribution in [2.75, 3.05) is 13.1 Å². The Kier molecular flexibility index (Phi) is 6.12. The molecule has 138 valence electrons. The zero-order valence-electron chi connectivity index (χ0n) is 14.7. The molecule has 0 radical (unpaired) electrons. The molecule has 0 unspecified atom stereocenters. The summed E-state index contributed by atoms with van der Waals surface area (Å²) in [7, 11) is -3.52. The summed E-state index contributed by atoms with van der Waals surface area (Å²) in [6, 6.07) is 6.41. The zero-order chi connectivity index (χ0) is 17.7. The number of carbonyl (C=O) groups excluding carboxylic acids is 1. The molecule has 6 heteroatoms. The van der Waals surface area contributed by atoms with Gasteiger partial charge >= 0.3 is 0 Å². The maximum absolute atomic E-state index is 12.6. The van der Waals surface area contributed by atoms with Crippen molar-refractivity contribution in [2.24, 2.45) is 0 Å². The van der Waals surface area contributed by atoms with E-state index in [1.54, 1.807) is 24.3 Å². The molecule has 3 rings (SSSR count). The average molecular weight is 365 g/mol. The highest BCUT2D eigenvalue weighted by Gasteiger charge is 2.22. The summed E-state index contributed by atoms with van der Waals surface area (Å²) in [4.78, 5) is 14.6. The van der Waals surface area contributed by atoms with Gasteiger partial charge in [0, 0.05) is 24.7 Å². The standard InChI is InChI=1S/C19H28N2O3S/c22-19(21-14-6-3-7-15-21)16-10-12-18(13-11-16)25(23,24)20-17-8-4-1-2-5-9-17/h10-13,17,20H,1-9,14-15H2. The number of benzene rings is 1. The molecule has 1 saturated heterocycles. The first-order valence-electron chi connectivity index (χ1n) is 9.48. The van der Waals surface area contributed by atoms with Crippen LogP contribution in [0.1, 0.15) is 68.1 Å². The molecule has 0 aromatic heterocycles. The Labute approximate surface area is 150 Å². The number of hydrogen-bond acceptors (Lipinski definition) is 3. The maximum Gasteiger partial charge on any atom is 0.253 e. The Morgan fingerprint density at radius 1 is 0.880 bits per heavy atom. The summed E-state index contributed by atoms with van der Waals surface area (Å²) < 4.78 is 28.0. The van der Waals surface area contributed by atoms with Crippen LogP contribution in [0.5, 0.6) is 0 Å². The van der Waals surface area contributed by atoms with Crippen molar-refractivity contribution < 1.29 is 13.2 Å². The van der Waals surface area contributed by atoms with Crippen LogP contribution in [0.2, 0.25) is 0 Å². The number of amides is 1. The van der Waals surface area contributed by atoms with Gasteiger partial charge in [0.1, 0.15) is 0 Å². The van der Waals surface area contributed by atoms with Crippen LogP contribution in [0.25, 0.3) is 0 Å². The fourth-order valence-electron chi connectivity index (χ4n) is 3.74. The van der Waals surface area contributed by atoms with Crippen LogP contribution in [-0.2, 0) is 10.0 Å². The van der Waals surface area contributed by atoms with Crippen LogP contribution >= 0.6 is 0 Å². The number of hydrogen-bond donors (Lipinski definition) is 1. The topological polar surface area (TPSA) is 66.5 Å². The van der Waals surface area contributed by atoms with Crippen molar-refractivity contribution in [1.82, 2.24) is 9.62 Å². The van der Waals surface area contributed by atoms with Crippen molar-refractivity contribution in [3.63, 3.8) is 0 Å². The Bertz CT molecular complexity index is 671. The minimum atomic E-state index is -3.52. The first-order chi connectivity index (χ1) is 12.1. The van der Waals surface area contributed by atoms with Gasteiger partial charge < -0.3 is 4.90 Å². The van der Waals surface area contributed by atoms with Crippen LogP contribution in [0.4, 0.5) is 0 Å². The van der Waals surface area contributed by atoms with Gasteiger partial charge in [-0.15, -0.1) is 0 Å². The van der Waals surface area contributed by atoms with Gasteiger partial charge in [-0.1, -0.05) is 25.7 Å². The molecule has 1 aliphatic heterocycles. The summed E-state index contributed by atoms with van der Waals surface area (Å²) in [5, 5.41) is 0. The number of nitrogens with zero attached hydrogens (tertiary/aromatic N) is 1. The van der Waals surface area contributed by atoms with Crippen LogP contribution in [-0.4, -0.2) is 38.4 Å². The van der Waals surface area contributed by atoms with Crippen molar-refractivity contribution in [2.45, 2.75) is 68.7 Å². The van der Waals surface area contributed by atoms with E-state index in [4.69, 9.17) is 0 Å². The van der Waals surface area contributed by atoms with E-state index in [9.17, 15) is 13.2 Å². The van der Waals surface area contributed by atoms with Crippen molar-refractivity contribution in [3.05, 3.63) is 29.8 Å². The van der Waals surface area contributed by atoms with Gasteiger partial charge in [-0.05, 0) is 56.4 Å². The molecule has 2 aliphatic rings. The van der Waals surface area contributed by atoms with Crippen molar-refractivity contribution >= 4 is 15.9 Å². The molecule has 1 aromatic rings. The minimum Gasteiger partial charge on any atom is -0.339 e. The van der Waals surface area contributed by atoms with Crippen molar-refractivity contribution in [1.29, 1.82) is 0 Å². The van der Waals surface area contributed by atoms with Gasteiger partial charge in [0.05, 0.1) is 4.90 Å². The molecule has 5 nitrogen and oxygen atoms in total. The van der Waals surface area contributed by atoms with E-state index in [0.29, 0.717) is 5.56 Å². The summed E-state index contributed by atoms with van der Waals surface area (Å²) in [5.74, 6) is 0.000347. The third kappa shape index (κ3) is 4.82. The first-order valence-corrected chi connectivity index (χ1v) is 11.0. The molecule has 2 fully saturated rings. The molecule has 25 heavy (non-hydrogen) atoms. The number of nitrogens with one attached hydrogen (secondary N) is 1. The van der Waals surface area contributed by atoms with E-state index < -0.39 is 10.0 Å². The molecule has 0 spiro atoms. The lowest BCUT2D eigenvalue weighted by Crippen LogP contribution is -2.36. The number of carbonyl (C=O) groups is 1. The molecule has 1 aromatic carbocycles. The largest absolute Gasteiger partial charge is 0.339 e.